The van der Waals surface area contributed by atoms with Crippen LogP contribution in [0.15, 0.2) is 0 Å². The molecule has 104 valence electrons. The first-order valence-electron chi connectivity index (χ1n) is 7.33. The van der Waals surface area contributed by atoms with Crippen molar-refractivity contribution in [3.05, 3.63) is 0 Å². The lowest BCUT2D eigenvalue weighted by Crippen LogP contribution is -2.18. The number of ether oxygens (including phenoxy) is 2. The lowest BCUT2D eigenvalue weighted by Gasteiger charge is -2.19. The summed E-state index contributed by atoms with van der Waals surface area (Å²) in [4.78, 5) is 0. The van der Waals surface area contributed by atoms with Gasteiger partial charge in [0.25, 0.3) is 0 Å². The molecule has 0 aromatic rings. The first-order chi connectivity index (χ1) is 8.10. The van der Waals surface area contributed by atoms with E-state index in [0.29, 0.717) is 0 Å². The molecule has 0 aromatic carbocycles. The maximum absolute atomic E-state index is 5.55. The average Bonchev–Trinajstić information content (AvgIpc) is 2.26. The molecule has 0 bridgehead atoms. The van der Waals surface area contributed by atoms with Gasteiger partial charge in [-0.25, -0.2) is 0 Å². The van der Waals surface area contributed by atoms with Crippen LogP contribution in [0.3, 0.4) is 0 Å². The Hall–Kier alpha value is -0.0800. The van der Waals surface area contributed by atoms with Crippen LogP contribution in [0.4, 0.5) is 0 Å². The summed E-state index contributed by atoms with van der Waals surface area (Å²) >= 11 is 0. The van der Waals surface area contributed by atoms with Gasteiger partial charge < -0.3 is 9.47 Å². The van der Waals surface area contributed by atoms with E-state index in [0.717, 1.165) is 31.5 Å². The summed E-state index contributed by atoms with van der Waals surface area (Å²) in [6.07, 6.45) is 6.30. The maximum atomic E-state index is 5.55. The minimum absolute atomic E-state index is 0.0116. The van der Waals surface area contributed by atoms with Gasteiger partial charge >= 0.3 is 0 Å². The summed E-state index contributed by atoms with van der Waals surface area (Å²) in [7, 11) is 0. The van der Waals surface area contributed by atoms with E-state index in [9.17, 15) is 0 Å². The molecule has 0 aromatic heterocycles. The smallest absolute Gasteiger partial charge is 0.157 e. The van der Waals surface area contributed by atoms with Crippen LogP contribution in [-0.4, -0.2) is 19.5 Å². The maximum Gasteiger partial charge on any atom is 0.157 e. The second-order valence-corrected chi connectivity index (χ2v) is 5.35. The van der Waals surface area contributed by atoms with E-state index >= 15 is 0 Å². The third-order valence-corrected chi connectivity index (χ3v) is 3.08. The summed E-state index contributed by atoms with van der Waals surface area (Å²) in [6.45, 7) is 12.5. The zero-order chi connectivity index (χ0) is 13.1. The molecule has 0 heterocycles. The quantitative estimate of drug-likeness (QED) is 0.493. The summed E-state index contributed by atoms with van der Waals surface area (Å²) in [5.41, 5.74) is 0. The SMILES string of the molecule is CCOC(CCC(C)CCCC(C)C)OCC. The van der Waals surface area contributed by atoms with Crippen LogP contribution in [0.2, 0.25) is 0 Å². The summed E-state index contributed by atoms with van der Waals surface area (Å²) < 4.78 is 11.1. The Kier molecular flexibility index (Phi) is 11.0. The molecule has 0 aliphatic heterocycles. The summed E-state index contributed by atoms with van der Waals surface area (Å²) in [6, 6.07) is 0. The minimum atomic E-state index is 0.0116. The molecular weight excluding hydrogens is 212 g/mol. The minimum Gasteiger partial charge on any atom is -0.353 e. The van der Waals surface area contributed by atoms with Crippen molar-refractivity contribution in [2.75, 3.05) is 13.2 Å². The van der Waals surface area contributed by atoms with Gasteiger partial charge in [0.05, 0.1) is 0 Å². The molecule has 0 rings (SSSR count). The Morgan fingerprint density at radius 3 is 1.82 bits per heavy atom. The van der Waals surface area contributed by atoms with Gasteiger partial charge in [0.15, 0.2) is 6.29 Å². The van der Waals surface area contributed by atoms with Crippen LogP contribution >= 0.6 is 0 Å². The van der Waals surface area contributed by atoms with Gasteiger partial charge in [-0.1, -0.05) is 40.0 Å². The predicted molar refractivity (Wildman–Crippen MR) is 74.1 cm³/mol. The Labute approximate surface area is 108 Å². The topological polar surface area (TPSA) is 18.5 Å². The van der Waals surface area contributed by atoms with E-state index in [1.54, 1.807) is 0 Å². The average molecular weight is 244 g/mol. The van der Waals surface area contributed by atoms with Gasteiger partial charge in [-0.2, -0.15) is 0 Å². The number of hydrogen-bond donors (Lipinski definition) is 0. The predicted octanol–water partition coefficient (Wildman–Crippen LogP) is 4.63. The zero-order valence-corrected chi connectivity index (χ0v) is 12.5. The molecule has 0 aliphatic carbocycles. The van der Waals surface area contributed by atoms with Gasteiger partial charge in [0.1, 0.15) is 0 Å². The van der Waals surface area contributed by atoms with E-state index in [2.05, 4.69) is 20.8 Å². The lowest BCUT2D eigenvalue weighted by atomic mass is 9.96. The van der Waals surface area contributed by atoms with Crippen molar-refractivity contribution >= 4 is 0 Å². The van der Waals surface area contributed by atoms with E-state index in [1.807, 2.05) is 13.8 Å². The van der Waals surface area contributed by atoms with Crippen molar-refractivity contribution < 1.29 is 9.47 Å². The third-order valence-electron chi connectivity index (χ3n) is 3.08. The van der Waals surface area contributed by atoms with Gasteiger partial charge in [-0.15, -0.1) is 0 Å². The van der Waals surface area contributed by atoms with Gasteiger partial charge in [-0.3, -0.25) is 0 Å². The fourth-order valence-corrected chi connectivity index (χ4v) is 2.03. The fourth-order valence-electron chi connectivity index (χ4n) is 2.03. The zero-order valence-electron chi connectivity index (χ0n) is 12.5. The first-order valence-corrected chi connectivity index (χ1v) is 7.33. The molecule has 17 heavy (non-hydrogen) atoms. The Morgan fingerprint density at radius 2 is 1.35 bits per heavy atom. The normalized spacial score (nSPS) is 13.6. The largest absolute Gasteiger partial charge is 0.353 e. The van der Waals surface area contributed by atoms with Crippen LogP contribution in [0.1, 0.15) is 66.7 Å². The van der Waals surface area contributed by atoms with Crippen molar-refractivity contribution in [1.29, 1.82) is 0 Å². The Bertz CT molecular complexity index is 151. The number of hydrogen-bond acceptors (Lipinski definition) is 2. The van der Waals surface area contributed by atoms with Gasteiger partial charge in [0, 0.05) is 13.2 Å². The van der Waals surface area contributed by atoms with Crippen molar-refractivity contribution in [3.63, 3.8) is 0 Å². The Balaban J connectivity index is 3.60. The highest BCUT2D eigenvalue weighted by Gasteiger charge is 2.10. The summed E-state index contributed by atoms with van der Waals surface area (Å²) in [5.74, 6) is 1.62. The second kappa shape index (κ2) is 11.0. The van der Waals surface area contributed by atoms with Crippen molar-refractivity contribution in [2.24, 2.45) is 11.8 Å². The molecule has 0 fully saturated rings. The highest BCUT2D eigenvalue weighted by Crippen LogP contribution is 2.18. The van der Waals surface area contributed by atoms with Gasteiger partial charge in [0.2, 0.25) is 0 Å². The molecule has 0 N–H and O–H groups in total. The molecule has 2 nitrogen and oxygen atoms in total. The highest BCUT2D eigenvalue weighted by molar-refractivity contribution is 4.57. The molecular formula is C15H32O2. The fraction of sp³-hybridized carbons (Fsp3) is 1.00. The van der Waals surface area contributed by atoms with E-state index in [-0.39, 0.29) is 6.29 Å². The van der Waals surface area contributed by atoms with Crippen molar-refractivity contribution in [1.82, 2.24) is 0 Å². The Morgan fingerprint density at radius 1 is 0.765 bits per heavy atom. The van der Waals surface area contributed by atoms with Crippen LogP contribution in [0, 0.1) is 11.8 Å². The third kappa shape index (κ3) is 10.8. The molecule has 0 saturated carbocycles. The highest BCUT2D eigenvalue weighted by atomic mass is 16.7. The molecule has 1 unspecified atom stereocenters. The lowest BCUT2D eigenvalue weighted by molar-refractivity contribution is -0.141. The summed E-state index contributed by atoms with van der Waals surface area (Å²) in [5, 5.41) is 0. The molecule has 2 heteroatoms. The van der Waals surface area contributed by atoms with Crippen LogP contribution in [0.5, 0.6) is 0 Å². The molecule has 0 radical (unpaired) electrons. The standard InChI is InChI=1S/C15H32O2/c1-6-16-15(17-7-2)12-11-14(5)10-8-9-13(3)4/h13-15H,6-12H2,1-5H3. The van der Waals surface area contributed by atoms with E-state index in [4.69, 9.17) is 9.47 Å². The molecule has 1 atom stereocenters. The van der Waals surface area contributed by atoms with E-state index < -0.39 is 0 Å². The van der Waals surface area contributed by atoms with Crippen LogP contribution < -0.4 is 0 Å². The monoisotopic (exact) mass is 244 g/mol. The molecule has 0 aliphatic rings. The van der Waals surface area contributed by atoms with E-state index in [1.165, 1.54) is 25.7 Å². The molecule has 0 saturated heterocycles. The van der Waals surface area contributed by atoms with Crippen molar-refractivity contribution in [2.45, 2.75) is 73.0 Å². The second-order valence-electron chi connectivity index (χ2n) is 5.35. The van der Waals surface area contributed by atoms with Crippen LogP contribution in [0.25, 0.3) is 0 Å². The van der Waals surface area contributed by atoms with Crippen molar-refractivity contribution in [3.8, 4) is 0 Å². The van der Waals surface area contributed by atoms with Crippen LogP contribution in [-0.2, 0) is 9.47 Å². The molecule has 0 amide bonds. The van der Waals surface area contributed by atoms with Gasteiger partial charge in [-0.05, 0) is 38.5 Å². The first kappa shape index (κ1) is 16.9. The molecule has 0 spiro atoms. The number of rotatable bonds is 11.